The molecule has 1 aliphatic heterocycles. The lowest BCUT2D eigenvalue weighted by Gasteiger charge is -2.26. The molecule has 0 aliphatic carbocycles. The Kier molecular flexibility index (Phi) is 3.51. The van der Waals surface area contributed by atoms with E-state index in [0.29, 0.717) is 21.3 Å². The summed E-state index contributed by atoms with van der Waals surface area (Å²) in [5, 5.41) is 19.0. The number of benzene rings is 2. The first kappa shape index (κ1) is 14.4. The third-order valence-electron chi connectivity index (χ3n) is 3.48. The largest absolute Gasteiger partial charge is 0.508 e. The molecule has 3 N–H and O–H groups in total. The standard InChI is InChI=1S/C16H10BrFN2O2/c17-12-5-8(1-4-13(12)18)15-10-3-2-9(21)6-14(10)22-16(20)11(15)7-19/h1-6,15,21H,20H2/t15-/m1/s1. The van der Waals surface area contributed by atoms with E-state index in [4.69, 9.17) is 10.5 Å². The van der Waals surface area contributed by atoms with E-state index in [1.165, 1.54) is 18.2 Å². The molecule has 2 aromatic rings. The third kappa shape index (κ3) is 2.30. The van der Waals surface area contributed by atoms with Crippen LogP contribution in [0.5, 0.6) is 11.5 Å². The Morgan fingerprint density at radius 1 is 1.27 bits per heavy atom. The number of hydrogen-bond donors (Lipinski definition) is 2. The van der Waals surface area contributed by atoms with Gasteiger partial charge in [-0.25, -0.2) is 4.39 Å². The van der Waals surface area contributed by atoms with Gasteiger partial charge < -0.3 is 15.6 Å². The summed E-state index contributed by atoms with van der Waals surface area (Å²) in [4.78, 5) is 0. The van der Waals surface area contributed by atoms with E-state index in [2.05, 4.69) is 15.9 Å². The maximum absolute atomic E-state index is 13.5. The lowest BCUT2D eigenvalue weighted by molar-refractivity contribution is 0.388. The number of allylic oxidation sites excluding steroid dienone is 1. The summed E-state index contributed by atoms with van der Waals surface area (Å²) in [7, 11) is 0. The average molecular weight is 361 g/mol. The number of nitriles is 1. The molecule has 0 aromatic heterocycles. The maximum atomic E-state index is 13.5. The van der Waals surface area contributed by atoms with Gasteiger partial charge in [0.05, 0.1) is 10.4 Å². The molecule has 0 amide bonds. The van der Waals surface area contributed by atoms with Gasteiger partial charge in [0, 0.05) is 11.6 Å². The zero-order valence-electron chi connectivity index (χ0n) is 11.2. The van der Waals surface area contributed by atoms with Gasteiger partial charge in [-0.3, -0.25) is 0 Å². The van der Waals surface area contributed by atoms with E-state index in [9.17, 15) is 14.8 Å². The van der Waals surface area contributed by atoms with Crippen LogP contribution in [0.3, 0.4) is 0 Å². The number of rotatable bonds is 1. The molecule has 2 aromatic carbocycles. The van der Waals surface area contributed by atoms with Crippen LogP contribution in [-0.4, -0.2) is 5.11 Å². The maximum Gasteiger partial charge on any atom is 0.205 e. The highest BCUT2D eigenvalue weighted by molar-refractivity contribution is 9.10. The molecular formula is C16H10BrFN2O2. The number of phenols is 1. The molecule has 0 spiro atoms. The monoisotopic (exact) mass is 360 g/mol. The highest BCUT2D eigenvalue weighted by Gasteiger charge is 2.31. The number of aromatic hydroxyl groups is 1. The number of nitrogens with zero attached hydrogens (tertiary/aromatic N) is 1. The Labute approximate surface area is 134 Å². The van der Waals surface area contributed by atoms with Crippen molar-refractivity contribution in [3.63, 3.8) is 0 Å². The molecule has 110 valence electrons. The van der Waals surface area contributed by atoms with Gasteiger partial charge >= 0.3 is 0 Å². The minimum atomic E-state index is -0.480. The number of halogens is 2. The Balaban J connectivity index is 2.23. The van der Waals surface area contributed by atoms with Crippen LogP contribution in [0.15, 0.2) is 52.3 Å². The van der Waals surface area contributed by atoms with Crippen molar-refractivity contribution in [1.29, 1.82) is 5.26 Å². The molecule has 0 unspecified atom stereocenters. The fourth-order valence-electron chi connectivity index (χ4n) is 2.48. The lowest BCUT2D eigenvalue weighted by atomic mass is 9.83. The van der Waals surface area contributed by atoms with E-state index in [1.54, 1.807) is 18.2 Å². The van der Waals surface area contributed by atoms with Gasteiger partial charge in [0.15, 0.2) is 0 Å². The van der Waals surface area contributed by atoms with Crippen molar-refractivity contribution >= 4 is 15.9 Å². The highest BCUT2D eigenvalue weighted by atomic mass is 79.9. The molecule has 4 nitrogen and oxygen atoms in total. The summed E-state index contributed by atoms with van der Waals surface area (Å²) in [6, 6.07) is 11.2. The fraction of sp³-hybridized carbons (Fsp3) is 0.0625. The van der Waals surface area contributed by atoms with Crippen LogP contribution in [0.2, 0.25) is 0 Å². The van der Waals surface area contributed by atoms with Crippen LogP contribution in [0.4, 0.5) is 4.39 Å². The molecule has 0 fully saturated rings. The zero-order valence-corrected chi connectivity index (χ0v) is 12.8. The number of phenolic OH excluding ortho intramolecular Hbond substituents is 1. The van der Waals surface area contributed by atoms with Crippen LogP contribution >= 0.6 is 15.9 Å². The van der Waals surface area contributed by atoms with Crippen LogP contribution in [0.1, 0.15) is 17.0 Å². The molecule has 0 saturated heterocycles. The summed E-state index contributed by atoms with van der Waals surface area (Å²) in [6.07, 6.45) is 0. The smallest absolute Gasteiger partial charge is 0.205 e. The van der Waals surface area contributed by atoms with Crippen LogP contribution in [0.25, 0.3) is 0 Å². The normalized spacial score (nSPS) is 16.7. The Hall–Kier alpha value is -2.52. The predicted molar refractivity (Wildman–Crippen MR) is 81.5 cm³/mol. The van der Waals surface area contributed by atoms with E-state index < -0.39 is 11.7 Å². The fourth-order valence-corrected chi connectivity index (χ4v) is 2.88. The first-order valence-corrected chi connectivity index (χ1v) is 7.16. The third-order valence-corrected chi connectivity index (χ3v) is 4.09. The number of fused-ring (bicyclic) bond motifs is 1. The Morgan fingerprint density at radius 3 is 2.73 bits per heavy atom. The number of hydrogen-bond acceptors (Lipinski definition) is 4. The summed E-state index contributed by atoms with van der Waals surface area (Å²) in [5.41, 5.74) is 7.44. The second-order valence-electron chi connectivity index (χ2n) is 4.82. The van der Waals surface area contributed by atoms with Gasteiger partial charge in [-0.1, -0.05) is 12.1 Å². The Bertz CT molecular complexity index is 843. The minimum Gasteiger partial charge on any atom is -0.508 e. The van der Waals surface area contributed by atoms with Gasteiger partial charge in [0.2, 0.25) is 5.88 Å². The molecular weight excluding hydrogens is 351 g/mol. The van der Waals surface area contributed by atoms with Crippen molar-refractivity contribution in [3.8, 4) is 17.6 Å². The van der Waals surface area contributed by atoms with Crippen LogP contribution < -0.4 is 10.5 Å². The molecule has 1 atom stereocenters. The first-order valence-electron chi connectivity index (χ1n) is 6.36. The van der Waals surface area contributed by atoms with Crippen molar-refractivity contribution in [2.75, 3.05) is 0 Å². The van der Waals surface area contributed by atoms with Crippen LogP contribution in [-0.2, 0) is 0 Å². The van der Waals surface area contributed by atoms with Crippen molar-refractivity contribution in [2.45, 2.75) is 5.92 Å². The summed E-state index contributed by atoms with van der Waals surface area (Å²) in [6.45, 7) is 0. The lowest BCUT2D eigenvalue weighted by Crippen LogP contribution is -2.21. The van der Waals surface area contributed by atoms with E-state index >= 15 is 0 Å². The molecule has 3 rings (SSSR count). The van der Waals surface area contributed by atoms with Crippen LogP contribution in [0, 0.1) is 17.1 Å². The van der Waals surface area contributed by atoms with Gasteiger partial charge in [-0.05, 0) is 39.7 Å². The van der Waals surface area contributed by atoms with Crippen molar-refractivity contribution in [1.82, 2.24) is 0 Å². The molecule has 0 radical (unpaired) electrons. The molecule has 1 heterocycles. The van der Waals surface area contributed by atoms with Crippen molar-refractivity contribution in [2.24, 2.45) is 5.73 Å². The van der Waals surface area contributed by atoms with Gasteiger partial charge in [0.1, 0.15) is 29.0 Å². The average Bonchev–Trinajstić information content (AvgIpc) is 2.48. The molecule has 1 aliphatic rings. The van der Waals surface area contributed by atoms with E-state index in [0.717, 1.165) is 0 Å². The van der Waals surface area contributed by atoms with Gasteiger partial charge in [0.25, 0.3) is 0 Å². The molecule has 6 heteroatoms. The highest BCUT2D eigenvalue weighted by Crippen LogP contribution is 2.43. The first-order chi connectivity index (χ1) is 10.5. The zero-order chi connectivity index (χ0) is 15.9. The second kappa shape index (κ2) is 5.35. The summed E-state index contributed by atoms with van der Waals surface area (Å²) < 4.78 is 19.2. The van der Waals surface area contributed by atoms with E-state index in [-0.39, 0.29) is 17.2 Å². The quantitative estimate of drug-likeness (QED) is 0.815. The van der Waals surface area contributed by atoms with E-state index in [1.807, 2.05) is 6.07 Å². The second-order valence-corrected chi connectivity index (χ2v) is 5.67. The summed E-state index contributed by atoms with van der Waals surface area (Å²) in [5.74, 6) is -0.484. The van der Waals surface area contributed by atoms with Crippen molar-refractivity contribution < 1.29 is 14.2 Å². The summed E-state index contributed by atoms with van der Waals surface area (Å²) >= 11 is 3.14. The number of nitrogens with two attached hydrogens (primary N) is 1. The predicted octanol–water partition coefficient (Wildman–Crippen LogP) is 3.51. The topological polar surface area (TPSA) is 79.3 Å². The SMILES string of the molecule is N#CC1=C(N)Oc2cc(O)ccc2[C@H]1c1ccc(F)c(Br)c1. The molecule has 0 bridgehead atoms. The Morgan fingerprint density at radius 2 is 2.05 bits per heavy atom. The molecule has 0 saturated carbocycles. The number of ether oxygens (including phenoxy) is 1. The minimum absolute atomic E-state index is 0.0222. The van der Waals surface area contributed by atoms with Gasteiger partial charge in [-0.2, -0.15) is 5.26 Å². The molecule has 22 heavy (non-hydrogen) atoms. The van der Waals surface area contributed by atoms with Gasteiger partial charge in [-0.15, -0.1) is 0 Å². The van der Waals surface area contributed by atoms with Crippen molar-refractivity contribution in [3.05, 3.63) is 69.3 Å².